The van der Waals surface area contributed by atoms with E-state index in [9.17, 15) is 0 Å². The van der Waals surface area contributed by atoms with Crippen LogP contribution in [0.3, 0.4) is 0 Å². The average Bonchev–Trinajstić information content (AvgIpc) is 2.21. The van der Waals surface area contributed by atoms with Crippen LogP contribution in [0.15, 0.2) is 21.1 Å². The van der Waals surface area contributed by atoms with Gasteiger partial charge in [0.05, 0.1) is 8.95 Å². The molecular weight excluding hydrogens is 350 g/mol. The molecule has 0 aliphatic carbocycles. The molecule has 1 rings (SSSR count). The van der Waals surface area contributed by atoms with Crippen LogP contribution in [0.2, 0.25) is 0 Å². The highest BCUT2D eigenvalue weighted by atomic mass is 79.9. The highest BCUT2D eigenvalue weighted by Gasteiger charge is 2.10. The highest BCUT2D eigenvalue weighted by Crippen LogP contribution is 2.35. The Morgan fingerprint density at radius 1 is 1.29 bits per heavy atom. The smallest absolute Gasteiger partial charge is 0.189 e. The Balaban J connectivity index is 2.79. The second-order valence-electron chi connectivity index (χ2n) is 3.82. The summed E-state index contributed by atoms with van der Waals surface area (Å²) in [4.78, 5) is 0. The third kappa shape index (κ3) is 4.95. The van der Waals surface area contributed by atoms with Crippen molar-refractivity contribution >= 4 is 31.9 Å². The molecule has 0 heterocycles. The standard InChI is InChI=1S/C12H17Br2NO2/c1-3-16-7-17-12-10(13)5-9(4-8(2)15)6-11(12)14/h5-6,8H,3-4,7,15H2,1-2H3. The van der Waals surface area contributed by atoms with Crippen molar-refractivity contribution in [3.05, 3.63) is 26.6 Å². The number of hydrogen-bond donors (Lipinski definition) is 1. The van der Waals surface area contributed by atoms with Gasteiger partial charge in [-0.2, -0.15) is 0 Å². The maximum Gasteiger partial charge on any atom is 0.189 e. The molecule has 0 saturated carbocycles. The summed E-state index contributed by atoms with van der Waals surface area (Å²) in [5.41, 5.74) is 6.95. The maximum absolute atomic E-state index is 5.78. The molecule has 0 aliphatic heterocycles. The van der Waals surface area contributed by atoms with E-state index in [1.807, 2.05) is 26.0 Å². The molecule has 17 heavy (non-hydrogen) atoms. The molecule has 96 valence electrons. The van der Waals surface area contributed by atoms with Crippen LogP contribution in [0.5, 0.6) is 5.75 Å². The van der Waals surface area contributed by atoms with Gasteiger partial charge in [0, 0.05) is 12.6 Å². The maximum atomic E-state index is 5.78. The molecule has 0 radical (unpaired) electrons. The quantitative estimate of drug-likeness (QED) is 0.619. The lowest BCUT2D eigenvalue weighted by atomic mass is 10.1. The summed E-state index contributed by atoms with van der Waals surface area (Å²) in [6.45, 7) is 4.80. The van der Waals surface area contributed by atoms with Gasteiger partial charge >= 0.3 is 0 Å². The number of benzene rings is 1. The third-order valence-corrected chi connectivity index (χ3v) is 3.28. The molecule has 1 unspecified atom stereocenters. The van der Waals surface area contributed by atoms with Gasteiger partial charge in [-0.15, -0.1) is 0 Å². The molecule has 0 bridgehead atoms. The first-order chi connectivity index (χ1) is 8.04. The number of halogens is 2. The first-order valence-corrected chi connectivity index (χ1v) is 7.07. The van der Waals surface area contributed by atoms with Crippen molar-refractivity contribution in [2.24, 2.45) is 5.73 Å². The molecular formula is C12H17Br2NO2. The van der Waals surface area contributed by atoms with Crippen molar-refractivity contribution in [1.29, 1.82) is 0 Å². The van der Waals surface area contributed by atoms with Gasteiger partial charge in [0.1, 0.15) is 0 Å². The van der Waals surface area contributed by atoms with Crippen LogP contribution in [0.4, 0.5) is 0 Å². The Hall–Kier alpha value is -0.100. The molecule has 0 spiro atoms. The van der Waals surface area contributed by atoms with Crippen LogP contribution in [-0.4, -0.2) is 19.4 Å². The fourth-order valence-corrected chi connectivity index (χ4v) is 2.93. The van der Waals surface area contributed by atoms with E-state index in [1.165, 1.54) is 5.56 Å². The lowest BCUT2D eigenvalue weighted by Crippen LogP contribution is -2.17. The van der Waals surface area contributed by atoms with Crippen molar-refractivity contribution < 1.29 is 9.47 Å². The molecule has 2 N–H and O–H groups in total. The predicted molar refractivity (Wildman–Crippen MR) is 76.3 cm³/mol. The van der Waals surface area contributed by atoms with Crippen molar-refractivity contribution in [1.82, 2.24) is 0 Å². The van der Waals surface area contributed by atoms with Crippen LogP contribution >= 0.6 is 31.9 Å². The van der Waals surface area contributed by atoms with E-state index in [4.69, 9.17) is 15.2 Å². The number of rotatable bonds is 6. The summed E-state index contributed by atoms with van der Waals surface area (Å²) in [6.07, 6.45) is 0.836. The summed E-state index contributed by atoms with van der Waals surface area (Å²) in [7, 11) is 0. The molecule has 1 aromatic carbocycles. The van der Waals surface area contributed by atoms with Crippen LogP contribution < -0.4 is 10.5 Å². The van der Waals surface area contributed by atoms with E-state index in [0.717, 1.165) is 21.1 Å². The van der Waals surface area contributed by atoms with Crippen molar-refractivity contribution in [2.75, 3.05) is 13.4 Å². The Bertz CT molecular complexity index is 347. The van der Waals surface area contributed by atoms with Crippen molar-refractivity contribution in [2.45, 2.75) is 26.3 Å². The van der Waals surface area contributed by atoms with E-state index in [0.29, 0.717) is 6.61 Å². The minimum Gasteiger partial charge on any atom is -0.465 e. The Labute approximate surface area is 119 Å². The molecule has 0 amide bonds. The molecule has 1 atom stereocenters. The molecule has 0 aliphatic rings. The predicted octanol–water partition coefficient (Wildman–Crippen LogP) is 3.47. The van der Waals surface area contributed by atoms with Crippen LogP contribution in [0.1, 0.15) is 19.4 Å². The average molecular weight is 367 g/mol. The minimum atomic E-state index is 0.143. The fraction of sp³-hybridized carbons (Fsp3) is 0.500. The molecule has 0 aromatic heterocycles. The molecule has 3 nitrogen and oxygen atoms in total. The molecule has 0 saturated heterocycles. The van der Waals surface area contributed by atoms with Crippen LogP contribution in [-0.2, 0) is 11.2 Å². The second-order valence-corrected chi connectivity index (χ2v) is 5.53. The first-order valence-electron chi connectivity index (χ1n) is 5.48. The van der Waals surface area contributed by atoms with Crippen molar-refractivity contribution in [3.8, 4) is 5.75 Å². The van der Waals surface area contributed by atoms with Gasteiger partial charge in [-0.05, 0) is 69.8 Å². The van der Waals surface area contributed by atoms with Crippen LogP contribution in [0, 0.1) is 0 Å². The van der Waals surface area contributed by atoms with E-state index in [-0.39, 0.29) is 12.8 Å². The van der Waals surface area contributed by atoms with E-state index < -0.39 is 0 Å². The summed E-state index contributed by atoms with van der Waals surface area (Å²) in [5.74, 6) is 0.756. The van der Waals surface area contributed by atoms with Gasteiger partial charge in [0.25, 0.3) is 0 Å². The highest BCUT2D eigenvalue weighted by molar-refractivity contribution is 9.11. The van der Waals surface area contributed by atoms with Gasteiger partial charge in [0.15, 0.2) is 12.5 Å². The first kappa shape index (κ1) is 15.0. The number of ether oxygens (including phenoxy) is 2. The minimum absolute atomic E-state index is 0.143. The summed E-state index contributed by atoms with van der Waals surface area (Å²) >= 11 is 6.98. The lowest BCUT2D eigenvalue weighted by molar-refractivity contribution is 0.0215. The van der Waals surface area contributed by atoms with E-state index in [2.05, 4.69) is 31.9 Å². The van der Waals surface area contributed by atoms with E-state index in [1.54, 1.807) is 0 Å². The normalized spacial score (nSPS) is 12.5. The second kappa shape index (κ2) is 7.36. The topological polar surface area (TPSA) is 44.5 Å². The largest absolute Gasteiger partial charge is 0.465 e. The lowest BCUT2D eigenvalue weighted by Gasteiger charge is -2.13. The zero-order chi connectivity index (χ0) is 12.8. The SMILES string of the molecule is CCOCOc1c(Br)cc(CC(C)N)cc1Br. The fourth-order valence-electron chi connectivity index (χ4n) is 1.42. The molecule has 1 aromatic rings. The summed E-state index contributed by atoms with van der Waals surface area (Å²) in [5, 5.41) is 0. The summed E-state index contributed by atoms with van der Waals surface area (Å²) in [6, 6.07) is 4.19. The Kier molecular flexibility index (Phi) is 6.48. The summed E-state index contributed by atoms with van der Waals surface area (Å²) < 4.78 is 12.5. The monoisotopic (exact) mass is 365 g/mol. The number of hydrogen-bond acceptors (Lipinski definition) is 3. The van der Waals surface area contributed by atoms with Gasteiger partial charge in [0.2, 0.25) is 0 Å². The zero-order valence-corrected chi connectivity index (χ0v) is 13.2. The molecule has 0 fully saturated rings. The Morgan fingerprint density at radius 2 is 1.88 bits per heavy atom. The van der Waals surface area contributed by atoms with Crippen molar-refractivity contribution in [3.63, 3.8) is 0 Å². The Morgan fingerprint density at radius 3 is 2.35 bits per heavy atom. The van der Waals surface area contributed by atoms with Gasteiger partial charge in [-0.25, -0.2) is 0 Å². The van der Waals surface area contributed by atoms with Gasteiger partial charge in [-0.3, -0.25) is 0 Å². The third-order valence-electron chi connectivity index (χ3n) is 2.11. The number of nitrogens with two attached hydrogens (primary N) is 1. The van der Waals surface area contributed by atoms with Gasteiger partial charge < -0.3 is 15.2 Å². The van der Waals surface area contributed by atoms with E-state index >= 15 is 0 Å². The van der Waals surface area contributed by atoms with Gasteiger partial charge in [-0.1, -0.05) is 0 Å². The molecule has 5 heteroatoms. The zero-order valence-electron chi connectivity index (χ0n) is 10.0. The van der Waals surface area contributed by atoms with Crippen LogP contribution in [0.25, 0.3) is 0 Å².